The molecule has 3 aromatic rings. The molecule has 194 valence electrons. The normalized spacial score (nSPS) is 10.8. The van der Waals surface area contributed by atoms with Crippen LogP contribution in [-0.2, 0) is 22.7 Å². The van der Waals surface area contributed by atoms with Gasteiger partial charge >= 0.3 is 0 Å². The fourth-order valence-corrected chi connectivity index (χ4v) is 3.72. The summed E-state index contributed by atoms with van der Waals surface area (Å²) in [4.78, 5) is 31.0. The van der Waals surface area contributed by atoms with Crippen LogP contribution in [0, 0.1) is 0 Å². The molecule has 12 heteroatoms. The zero-order valence-corrected chi connectivity index (χ0v) is 21.0. The lowest BCUT2D eigenvalue weighted by atomic mass is 10.1. The molecule has 0 saturated heterocycles. The number of amides is 2. The van der Waals surface area contributed by atoms with Crippen LogP contribution in [0.1, 0.15) is 43.7 Å². The molecule has 0 spiro atoms. The second-order valence-corrected chi connectivity index (χ2v) is 8.20. The fourth-order valence-electron chi connectivity index (χ4n) is 3.72. The Morgan fingerprint density at radius 2 is 1.89 bits per heavy atom. The molecule has 0 atom stereocenters. The van der Waals surface area contributed by atoms with Crippen LogP contribution >= 0.6 is 0 Å². The van der Waals surface area contributed by atoms with E-state index in [1.54, 1.807) is 18.9 Å². The standard InChI is InChI=1S/C24H34N8O4/c1-4-5-9-27-23-22-18(29-24(25)30-23)14-32(31-22)13-17-19(35-2)10-16(11-20(17)36-3)12-28-21(34)7-6-8-26-15-33/h10-11,14-15H,4-9,12-13H2,1-3H3,(H,26,33)(H,28,34)(H3,25,27,29,30). The Balaban J connectivity index is 1.78. The molecular weight excluding hydrogens is 464 g/mol. The first-order valence-corrected chi connectivity index (χ1v) is 11.9. The lowest BCUT2D eigenvalue weighted by Gasteiger charge is -2.16. The van der Waals surface area contributed by atoms with Gasteiger partial charge in [0.25, 0.3) is 0 Å². The summed E-state index contributed by atoms with van der Waals surface area (Å²) in [6, 6.07) is 3.73. The minimum absolute atomic E-state index is 0.100. The summed E-state index contributed by atoms with van der Waals surface area (Å²) >= 11 is 0. The predicted octanol–water partition coefficient (Wildman–Crippen LogP) is 1.83. The molecule has 0 radical (unpaired) electrons. The molecule has 0 bridgehead atoms. The zero-order chi connectivity index (χ0) is 25.9. The Hall–Kier alpha value is -4.09. The number of fused-ring (bicyclic) bond motifs is 1. The Morgan fingerprint density at radius 1 is 1.14 bits per heavy atom. The van der Waals surface area contributed by atoms with Gasteiger partial charge in [-0.15, -0.1) is 0 Å². The third-order valence-electron chi connectivity index (χ3n) is 5.54. The SMILES string of the molecule is CCCCNc1nc(N)nc2cn(Cc3c(OC)cc(CNC(=O)CCCNC=O)cc3OC)nc12. The number of hydrogen-bond donors (Lipinski definition) is 4. The van der Waals surface area contributed by atoms with Crippen molar-refractivity contribution in [3.63, 3.8) is 0 Å². The number of aromatic nitrogens is 4. The maximum Gasteiger partial charge on any atom is 0.222 e. The number of rotatable bonds is 15. The molecule has 0 fully saturated rings. The van der Waals surface area contributed by atoms with Gasteiger partial charge in [0.05, 0.1) is 32.5 Å². The summed E-state index contributed by atoms with van der Waals surface area (Å²) < 4.78 is 13.0. The first kappa shape index (κ1) is 26.5. The quantitative estimate of drug-likeness (QED) is 0.181. The summed E-state index contributed by atoms with van der Waals surface area (Å²) in [5.41, 5.74) is 8.81. The summed E-state index contributed by atoms with van der Waals surface area (Å²) in [6.45, 7) is 4.04. The summed E-state index contributed by atoms with van der Waals surface area (Å²) in [5, 5.41) is 13.4. The number of nitrogens with two attached hydrogens (primary N) is 1. The second-order valence-electron chi connectivity index (χ2n) is 8.20. The highest BCUT2D eigenvalue weighted by Crippen LogP contribution is 2.32. The molecule has 2 amide bonds. The molecule has 2 aromatic heterocycles. The molecule has 0 saturated carbocycles. The molecule has 2 heterocycles. The Morgan fingerprint density at radius 3 is 2.56 bits per heavy atom. The van der Waals surface area contributed by atoms with Crippen LogP contribution in [0.3, 0.4) is 0 Å². The van der Waals surface area contributed by atoms with Crippen LogP contribution in [0.4, 0.5) is 11.8 Å². The van der Waals surface area contributed by atoms with Gasteiger partial charge in [-0.25, -0.2) is 4.98 Å². The van der Waals surface area contributed by atoms with Gasteiger partial charge in [0, 0.05) is 26.1 Å². The van der Waals surface area contributed by atoms with Crippen molar-refractivity contribution in [2.75, 3.05) is 38.4 Å². The van der Waals surface area contributed by atoms with Crippen molar-refractivity contribution in [2.24, 2.45) is 0 Å². The number of nitrogens with one attached hydrogen (secondary N) is 3. The van der Waals surface area contributed by atoms with Crippen LogP contribution in [0.5, 0.6) is 11.5 Å². The van der Waals surface area contributed by atoms with Crippen LogP contribution in [0.2, 0.25) is 0 Å². The Labute approximate surface area is 210 Å². The van der Waals surface area contributed by atoms with Crippen molar-refractivity contribution in [3.05, 3.63) is 29.5 Å². The number of hydrogen-bond acceptors (Lipinski definition) is 9. The average molecular weight is 499 g/mol. The molecule has 5 N–H and O–H groups in total. The molecule has 0 aliphatic heterocycles. The van der Waals surface area contributed by atoms with Crippen LogP contribution in [0.25, 0.3) is 11.0 Å². The van der Waals surface area contributed by atoms with Gasteiger partial charge in [0.15, 0.2) is 11.3 Å². The lowest BCUT2D eigenvalue weighted by Crippen LogP contribution is -2.24. The van der Waals surface area contributed by atoms with E-state index in [1.807, 2.05) is 18.3 Å². The molecular formula is C24H34N8O4. The second kappa shape index (κ2) is 13.1. The monoisotopic (exact) mass is 498 g/mol. The number of anilines is 2. The average Bonchev–Trinajstić information content (AvgIpc) is 3.28. The fraction of sp³-hybridized carbons (Fsp3) is 0.458. The smallest absolute Gasteiger partial charge is 0.222 e. The minimum atomic E-state index is -0.100. The van der Waals surface area contributed by atoms with E-state index in [4.69, 9.17) is 15.2 Å². The molecule has 36 heavy (non-hydrogen) atoms. The van der Waals surface area contributed by atoms with Crippen molar-refractivity contribution in [1.82, 2.24) is 30.4 Å². The molecule has 1 aromatic carbocycles. The van der Waals surface area contributed by atoms with Gasteiger partial charge in [-0.2, -0.15) is 10.1 Å². The summed E-state index contributed by atoms with van der Waals surface area (Å²) in [5.74, 6) is 1.91. The molecule has 0 aliphatic rings. The topological polar surface area (TPSA) is 158 Å². The van der Waals surface area contributed by atoms with E-state index in [9.17, 15) is 9.59 Å². The van der Waals surface area contributed by atoms with Crippen molar-refractivity contribution < 1.29 is 19.1 Å². The van der Waals surface area contributed by atoms with Crippen molar-refractivity contribution in [1.29, 1.82) is 0 Å². The molecule has 3 rings (SSSR count). The van der Waals surface area contributed by atoms with Gasteiger partial charge < -0.3 is 31.2 Å². The van der Waals surface area contributed by atoms with Crippen molar-refractivity contribution >= 4 is 35.1 Å². The molecule has 12 nitrogen and oxygen atoms in total. The largest absolute Gasteiger partial charge is 0.496 e. The molecule has 0 aliphatic carbocycles. The lowest BCUT2D eigenvalue weighted by molar-refractivity contribution is -0.121. The number of nitrogen functional groups attached to an aromatic ring is 1. The highest BCUT2D eigenvalue weighted by molar-refractivity contribution is 5.85. The van der Waals surface area contributed by atoms with Gasteiger partial charge in [0.1, 0.15) is 17.0 Å². The van der Waals surface area contributed by atoms with E-state index in [0.717, 1.165) is 30.5 Å². The van der Waals surface area contributed by atoms with E-state index in [0.29, 0.717) is 67.2 Å². The van der Waals surface area contributed by atoms with Gasteiger partial charge in [-0.1, -0.05) is 13.3 Å². The van der Waals surface area contributed by atoms with Crippen molar-refractivity contribution in [2.45, 2.75) is 45.7 Å². The minimum Gasteiger partial charge on any atom is -0.496 e. The van der Waals surface area contributed by atoms with Gasteiger partial charge in [0.2, 0.25) is 18.3 Å². The third kappa shape index (κ3) is 6.96. The van der Waals surface area contributed by atoms with Crippen LogP contribution in [0.15, 0.2) is 18.3 Å². The number of benzene rings is 1. The summed E-state index contributed by atoms with van der Waals surface area (Å²) in [6.07, 6.45) is 5.39. The first-order valence-electron chi connectivity index (χ1n) is 11.9. The van der Waals surface area contributed by atoms with E-state index in [1.165, 1.54) is 0 Å². The number of carbonyl (C=O) groups excluding carboxylic acids is 2. The van der Waals surface area contributed by atoms with Crippen molar-refractivity contribution in [3.8, 4) is 11.5 Å². The predicted molar refractivity (Wildman–Crippen MR) is 137 cm³/mol. The highest BCUT2D eigenvalue weighted by Gasteiger charge is 2.17. The van der Waals surface area contributed by atoms with Crippen LogP contribution < -0.4 is 31.2 Å². The first-order chi connectivity index (χ1) is 17.5. The van der Waals surface area contributed by atoms with Crippen LogP contribution in [-0.4, -0.2) is 59.4 Å². The third-order valence-corrected chi connectivity index (χ3v) is 5.54. The van der Waals surface area contributed by atoms with E-state index in [2.05, 4.69) is 37.9 Å². The van der Waals surface area contributed by atoms with E-state index >= 15 is 0 Å². The zero-order valence-electron chi connectivity index (χ0n) is 21.0. The number of unbranched alkanes of at least 4 members (excludes halogenated alkanes) is 1. The van der Waals surface area contributed by atoms with E-state index in [-0.39, 0.29) is 11.9 Å². The van der Waals surface area contributed by atoms with Gasteiger partial charge in [-0.3, -0.25) is 14.3 Å². The molecule has 0 unspecified atom stereocenters. The number of methoxy groups -OCH3 is 2. The van der Waals surface area contributed by atoms with Gasteiger partial charge in [-0.05, 0) is 30.5 Å². The maximum absolute atomic E-state index is 12.1. The maximum atomic E-state index is 12.1. The number of ether oxygens (including phenoxy) is 2. The highest BCUT2D eigenvalue weighted by atomic mass is 16.5. The number of nitrogens with zero attached hydrogens (tertiary/aromatic N) is 4. The summed E-state index contributed by atoms with van der Waals surface area (Å²) in [7, 11) is 3.17. The number of carbonyl (C=O) groups is 2. The van der Waals surface area contributed by atoms with E-state index < -0.39 is 0 Å². The Bertz CT molecular complexity index is 1160. The Kier molecular flexibility index (Phi) is 9.66.